The minimum Gasteiger partial charge on any atom is -0.368 e. The van der Waals surface area contributed by atoms with Gasteiger partial charge in [-0.25, -0.2) is 4.98 Å². The number of likely N-dealkylation sites (N-methyl/N-ethyl adjacent to an activating group) is 1. The number of hydrogen-bond donors (Lipinski definition) is 1. The van der Waals surface area contributed by atoms with Crippen molar-refractivity contribution in [2.45, 2.75) is 31.7 Å². The highest BCUT2D eigenvalue weighted by atomic mass is 79.9. The summed E-state index contributed by atoms with van der Waals surface area (Å²) in [5.74, 6) is 0.764. The third kappa shape index (κ3) is 3.84. The first-order chi connectivity index (χ1) is 8.66. The molecule has 3 nitrogen and oxygen atoms in total. The van der Waals surface area contributed by atoms with Crippen molar-refractivity contribution in [2.75, 3.05) is 25.5 Å². The average molecular weight is 333 g/mol. The Labute approximate surface area is 122 Å². The highest BCUT2D eigenvalue weighted by molar-refractivity contribution is 9.10. The fourth-order valence-corrected chi connectivity index (χ4v) is 3.12. The van der Waals surface area contributed by atoms with E-state index in [1.54, 1.807) is 6.20 Å². The van der Waals surface area contributed by atoms with Gasteiger partial charge in [-0.2, -0.15) is 0 Å². The summed E-state index contributed by atoms with van der Waals surface area (Å²) in [4.78, 5) is 6.70. The van der Waals surface area contributed by atoms with Crippen molar-refractivity contribution in [3.63, 3.8) is 0 Å². The third-order valence-corrected chi connectivity index (χ3v) is 4.23. The Bertz CT molecular complexity index is 394. The summed E-state index contributed by atoms with van der Waals surface area (Å²) in [5.41, 5.74) is 0. The molecule has 18 heavy (non-hydrogen) atoms. The highest BCUT2D eigenvalue weighted by Gasteiger charge is 2.18. The molecule has 0 unspecified atom stereocenters. The van der Waals surface area contributed by atoms with E-state index in [0.717, 1.165) is 29.4 Å². The Hall–Kier alpha value is -0.320. The van der Waals surface area contributed by atoms with E-state index < -0.39 is 0 Å². The van der Waals surface area contributed by atoms with Gasteiger partial charge in [0.1, 0.15) is 5.82 Å². The zero-order valence-corrected chi connectivity index (χ0v) is 13.0. The number of pyridine rings is 1. The third-order valence-electron chi connectivity index (χ3n) is 3.51. The van der Waals surface area contributed by atoms with Gasteiger partial charge < -0.3 is 10.2 Å². The minimum atomic E-state index is 0.660. The van der Waals surface area contributed by atoms with Crippen LogP contribution in [0.1, 0.15) is 25.7 Å². The molecule has 0 aromatic carbocycles. The molecule has 1 aromatic heterocycles. The van der Waals surface area contributed by atoms with E-state index in [4.69, 9.17) is 11.6 Å². The molecule has 0 amide bonds. The van der Waals surface area contributed by atoms with Gasteiger partial charge in [0, 0.05) is 29.8 Å². The molecule has 5 heteroatoms. The number of nitrogens with zero attached hydrogens (tertiary/aromatic N) is 2. The summed E-state index contributed by atoms with van der Waals surface area (Å²) in [6.07, 6.45) is 7.20. The maximum absolute atomic E-state index is 6.10. The maximum atomic E-state index is 6.10. The van der Waals surface area contributed by atoms with E-state index in [2.05, 4.69) is 38.2 Å². The Balaban J connectivity index is 1.77. The van der Waals surface area contributed by atoms with Crippen molar-refractivity contribution in [2.24, 2.45) is 0 Å². The molecule has 0 spiro atoms. The molecular weight excluding hydrogens is 314 g/mol. The SMILES string of the molecule is CN(CCNc1ncc(Br)cc1Cl)C1CCCC1. The summed E-state index contributed by atoms with van der Waals surface area (Å²) in [6.45, 7) is 1.90. The van der Waals surface area contributed by atoms with Crippen molar-refractivity contribution < 1.29 is 0 Å². The van der Waals surface area contributed by atoms with Crippen molar-refractivity contribution in [1.82, 2.24) is 9.88 Å². The van der Waals surface area contributed by atoms with Gasteiger partial charge in [0.25, 0.3) is 0 Å². The van der Waals surface area contributed by atoms with Gasteiger partial charge in [0.2, 0.25) is 0 Å². The summed E-state index contributed by atoms with van der Waals surface area (Å²) < 4.78 is 0.904. The minimum absolute atomic E-state index is 0.660. The molecule has 100 valence electrons. The van der Waals surface area contributed by atoms with Crippen molar-refractivity contribution in [3.8, 4) is 0 Å². The number of hydrogen-bond acceptors (Lipinski definition) is 3. The fraction of sp³-hybridized carbons (Fsp3) is 0.615. The van der Waals surface area contributed by atoms with Gasteiger partial charge in [0.05, 0.1) is 5.02 Å². The van der Waals surface area contributed by atoms with Gasteiger partial charge >= 0.3 is 0 Å². The first kappa shape index (κ1) is 14.1. The first-order valence-corrected chi connectivity index (χ1v) is 7.59. The quantitative estimate of drug-likeness (QED) is 0.889. The average Bonchev–Trinajstić information content (AvgIpc) is 2.85. The van der Waals surface area contributed by atoms with Gasteiger partial charge in [-0.1, -0.05) is 24.4 Å². The number of nitrogens with one attached hydrogen (secondary N) is 1. The predicted octanol–water partition coefficient (Wildman–Crippen LogP) is 3.78. The lowest BCUT2D eigenvalue weighted by molar-refractivity contribution is 0.254. The topological polar surface area (TPSA) is 28.2 Å². The molecule has 1 aliphatic carbocycles. The van der Waals surface area contributed by atoms with Crippen LogP contribution in [0.25, 0.3) is 0 Å². The molecule has 1 fully saturated rings. The van der Waals surface area contributed by atoms with E-state index in [0.29, 0.717) is 5.02 Å². The molecule has 0 bridgehead atoms. The Morgan fingerprint density at radius 2 is 2.22 bits per heavy atom. The molecule has 1 heterocycles. The van der Waals surface area contributed by atoms with Crippen molar-refractivity contribution >= 4 is 33.3 Å². The summed E-state index contributed by atoms with van der Waals surface area (Å²) >= 11 is 9.45. The van der Waals surface area contributed by atoms with Crippen LogP contribution in [0.15, 0.2) is 16.7 Å². The van der Waals surface area contributed by atoms with Gasteiger partial charge in [-0.05, 0) is 41.9 Å². The van der Waals surface area contributed by atoms with Crippen LogP contribution >= 0.6 is 27.5 Å². The van der Waals surface area contributed by atoms with Crippen LogP contribution in [-0.4, -0.2) is 36.1 Å². The Kier molecular flexibility index (Phi) is 5.27. The van der Waals surface area contributed by atoms with E-state index in [-0.39, 0.29) is 0 Å². The first-order valence-electron chi connectivity index (χ1n) is 6.42. The second-order valence-electron chi connectivity index (χ2n) is 4.83. The van der Waals surface area contributed by atoms with Crippen LogP contribution in [0.4, 0.5) is 5.82 Å². The number of anilines is 1. The van der Waals surface area contributed by atoms with Gasteiger partial charge in [0.15, 0.2) is 0 Å². The smallest absolute Gasteiger partial charge is 0.144 e. The van der Waals surface area contributed by atoms with Crippen molar-refractivity contribution in [1.29, 1.82) is 0 Å². The lowest BCUT2D eigenvalue weighted by Crippen LogP contribution is -2.33. The highest BCUT2D eigenvalue weighted by Crippen LogP contribution is 2.23. The molecule has 0 atom stereocenters. The molecular formula is C13H19BrClN3. The number of rotatable bonds is 5. The molecule has 2 rings (SSSR count). The van der Waals surface area contributed by atoms with Gasteiger partial charge in [-0.15, -0.1) is 0 Å². The summed E-state index contributed by atoms with van der Waals surface area (Å²) in [6, 6.07) is 2.62. The molecule has 0 radical (unpaired) electrons. The lowest BCUT2D eigenvalue weighted by atomic mass is 10.2. The second kappa shape index (κ2) is 6.73. The van der Waals surface area contributed by atoms with Crippen molar-refractivity contribution in [3.05, 3.63) is 21.8 Å². The molecule has 1 N–H and O–H groups in total. The molecule has 0 aliphatic heterocycles. The van der Waals surface area contributed by atoms with Crippen LogP contribution < -0.4 is 5.32 Å². The van der Waals surface area contributed by atoms with Crippen LogP contribution in [0.3, 0.4) is 0 Å². The molecule has 1 aliphatic rings. The summed E-state index contributed by atoms with van der Waals surface area (Å²) in [7, 11) is 2.20. The number of aromatic nitrogens is 1. The van der Waals surface area contributed by atoms with E-state index >= 15 is 0 Å². The van der Waals surface area contributed by atoms with E-state index in [9.17, 15) is 0 Å². The lowest BCUT2D eigenvalue weighted by Gasteiger charge is -2.24. The normalized spacial score (nSPS) is 16.4. The van der Waals surface area contributed by atoms with Gasteiger partial charge in [-0.3, -0.25) is 0 Å². The van der Waals surface area contributed by atoms with E-state index in [1.165, 1.54) is 25.7 Å². The van der Waals surface area contributed by atoms with Crippen LogP contribution in [0.2, 0.25) is 5.02 Å². The molecule has 1 saturated carbocycles. The number of halogens is 2. The predicted molar refractivity (Wildman–Crippen MR) is 80.3 cm³/mol. The largest absolute Gasteiger partial charge is 0.368 e. The zero-order chi connectivity index (χ0) is 13.0. The monoisotopic (exact) mass is 331 g/mol. The zero-order valence-electron chi connectivity index (χ0n) is 10.6. The second-order valence-corrected chi connectivity index (χ2v) is 6.15. The molecule has 1 aromatic rings. The Morgan fingerprint density at radius 3 is 2.89 bits per heavy atom. The maximum Gasteiger partial charge on any atom is 0.144 e. The van der Waals surface area contributed by atoms with Crippen LogP contribution in [0.5, 0.6) is 0 Å². The summed E-state index contributed by atoms with van der Waals surface area (Å²) in [5, 5.41) is 3.95. The van der Waals surface area contributed by atoms with E-state index in [1.807, 2.05) is 6.07 Å². The molecule has 0 saturated heterocycles. The standard InChI is InChI=1S/C13H19BrClN3/c1-18(11-4-2-3-5-11)7-6-16-13-12(15)8-10(14)9-17-13/h8-9,11H,2-7H2,1H3,(H,16,17). The van der Waals surface area contributed by atoms with Crippen LogP contribution in [-0.2, 0) is 0 Å². The fourth-order valence-electron chi connectivity index (χ4n) is 2.42. The Morgan fingerprint density at radius 1 is 1.50 bits per heavy atom. The van der Waals surface area contributed by atoms with Crippen LogP contribution in [0, 0.1) is 0 Å².